The van der Waals surface area contributed by atoms with E-state index in [9.17, 15) is 4.79 Å². The van der Waals surface area contributed by atoms with Crippen LogP contribution in [-0.2, 0) is 4.79 Å². The second kappa shape index (κ2) is 9.62. The Kier molecular flexibility index (Phi) is 6.94. The van der Waals surface area contributed by atoms with Gasteiger partial charge in [0.1, 0.15) is 9.57 Å². The van der Waals surface area contributed by atoms with Crippen LogP contribution >= 0.6 is 32.9 Å². The van der Waals surface area contributed by atoms with Crippen molar-refractivity contribution < 1.29 is 9.53 Å². The van der Waals surface area contributed by atoms with E-state index in [0.717, 1.165) is 33.7 Å². The Labute approximate surface area is 165 Å². The van der Waals surface area contributed by atoms with Crippen molar-refractivity contribution in [2.45, 2.75) is 19.3 Å². The van der Waals surface area contributed by atoms with Gasteiger partial charge in [-0.25, -0.2) is 0 Å². The van der Waals surface area contributed by atoms with Crippen LogP contribution in [-0.4, -0.2) is 12.5 Å². The quantitative estimate of drug-likeness (QED) is 0.270. The molecule has 0 atom stereocenters. The largest absolute Gasteiger partial charge is 0.494 e. The molecule has 6 heteroatoms. The molecule has 0 saturated carbocycles. The first-order chi connectivity index (χ1) is 12.7. The molecule has 0 fully saturated rings. The molecular weight excluding hydrogens is 382 g/mol. The summed E-state index contributed by atoms with van der Waals surface area (Å²) in [7, 11) is 3.31. The molecule has 2 aromatic carbocycles. The first-order valence-electron chi connectivity index (χ1n) is 8.39. The number of para-hydroxylation sites is 1. The van der Waals surface area contributed by atoms with E-state index >= 15 is 0 Å². The summed E-state index contributed by atoms with van der Waals surface area (Å²) in [6, 6.07) is 19.6. The van der Waals surface area contributed by atoms with Crippen LogP contribution in [0.25, 0.3) is 10.4 Å². The number of benzene rings is 2. The summed E-state index contributed by atoms with van der Waals surface area (Å²) in [4.78, 5) is 13.1. The van der Waals surface area contributed by atoms with Gasteiger partial charge in [0, 0.05) is 17.0 Å². The van der Waals surface area contributed by atoms with E-state index in [1.807, 2.05) is 48.5 Å². The Morgan fingerprint density at radius 2 is 1.77 bits per heavy atom. The zero-order valence-electron chi connectivity index (χ0n) is 14.1. The fraction of sp³-hybridized carbons (Fsp3) is 0.200. The number of nitrogens with one attached hydrogen (secondary N) is 1. The molecule has 1 aromatic heterocycles. The Balaban J connectivity index is 1.36. The van der Waals surface area contributed by atoms with Crippen LogP contribution in [0.2, 0.25) is 0 Å². The highest BCUT2D eigenvalue weighted by Crippen LogP contribution is 2.30. The number of unbranched alkanes of at least 4 members (excludes halogenated alkanes) is 1. The topological polar surface area (TPSA) is 38.3 Å². The molecule has 0 radical (unpaired) electrons. The van der Waals surface area contributed by atoms with Crippen molar-refractivity contribution in [1.29, 1.82) is 0 Å². The lowest BCUT2D eigenvalue weighted by molar-refractivity contribution is -0.116. The molecule has 0 saturated heterocycles. The molecule has 0 bridgehead atoms. The Morgan fingerprint density at radius 1 is 1.00 bits per heavy atom. The molecule has 134 valence electrons. The van der Waals surface area contributed by atoms with E-state index in [2.05, 4.69) is 17.4 Å². The van der Waals surface area contributed by atoms with Crippen LogP contribution in [0.3, 0.4) is 0 Å². The van der Waals surface area contributed by atoms with E-state index < -0.39 is 0 Å². The van der Waals surface area contributed by atoms with Gasteiger partial charge in [0.05, 0.1) is 6.61 Å². The number of hydrogen-bond acceptors (Lipinski definition) is 5. The second-order valence-electron chi connectivity index (χ2n) is 5.74. The minimum atomic E-state index is 0.0404. The molecule has 0 aliphatic rings. The molecule has 0 aliphatic carbocycles. The monoisotopic (exact) mass is 401 g/mol. The number of anilines is 1. The average Bonchev–Trinajstić information content (AvgIpc) is 3.09. The smallest absolute Gasteiger partial charge is 0.224 e. The summed E-state index contributed by atoms with van der Waals surface area (Å²) in [5.74, 6) is 0.889. The van der Waals surface area contributed by atoms with Crippen molar-refractivity contribution in [1.82, 2.24) is 0 Å². The SMILES string of the molecule is O=C(CCCCOc1ccc(-c2cc(=S)ss2)cc1)Nc1ccccc1. The predicted octanol–water partition coefficient (Wildman–Crippen LogP) is 6.39. The molecule has 3 rings (SSSR count). The lowest BCUT2D eigenvalue weighted by Gasteiger charge is -2.07. The minimum Gasteiger partial charge on any atom is -0.494 e. The molecule has 3 aromatic rings. The van der Waals surface area contributed by atoms with Crippen LogP contribution in [0.4, 0.5) is 5.69 Å². The van der Waals surface area contributed by atoms with Crippen LogP contribution in [0.5, 0.6) is 5.75 Å². The highest BCUT2D eigenvalue weighted by atomic mass is 32.9. The number of ether oxygens (including phenoxy) is 1. The van der Waals surface area contributed by atoms with Crippen molar-refractivity contribution >= 4 is 44.5 Å². The van der Waals surface area contributed by atoms with Gasteiger partial charge in [-0.1, -0.05) is 51.1 Å². The Bertz CT molecular complexity index is 885. The van der Waals surface area contributed by atoms with E-state index in [1.54, 1.807) is 20.7 Å². The summed E-state index contributed by atoms with van der Waals surface area (Å²) >= 11 is 5.17. The molecule has 3 nitrogen and oxygen atoms in total. The number of rotatable bonds is 8. The lowest BCUT2D eigenvalue weighted by atomic mass is 10.2. The van der Waals surface area contributed by atoms with Crippen molar-refractivity contribution in [2.24, 2.45) is 0 Å². The third-order valence-corrected chi connectivity index (χ3v) is 6.64. The summed E-state index contributed by atoms with van der Waals surface area (Å²) < 4.78 is 6.67. The first-order valence-corrected chi connectivity index (χ1v) is 10.9. The number of carbonyl (C=O) groups excluding carboxylic acids is 1. The van der Waals surface area contributed by atoms with Crippen LogP contribution in [0.1, 0.15) is 19.3 Å². The van der Waals surface area contributed by atoms with E-state index in [1.165, 1.54) is 4.88 Å². The third-order valence-electron chi connectivity index (χ3n) is 3.73. The number of carbonyl (C=O) groups is 1. The standard InChI is InChI=1S/C20H19NO2S3/c22-19(21-16-6-2-1-3-7-16)8-4-5-13-23-17-11-9-15(10-12-17)18-14-20(24)26-25-18/h1-3,6-7,9-12,14H,4-5,8,13H2,(H,21,22). The van der Waals surface area contributed by atoms with Crippen molar-refractivity contribution in [3.8, 4) is 16.2 Å². The molecule has 1 amide bonds. The van der Waals surface area contributed by atoms with Gasteiger partial charge < -0.3 is 10.1 Å². The maximum Gasteiger partial charge on any atom is 0.224 e. The summed E-state index contributed by atoms with van der Waals surface area (Å²) in [5, 5.41) is 2.89. The fourth-order valence-corrected chi connectivity index (χ4v) is 4.81. The second-order valence-corrected chi connectivity index (χ2v) is 8.65. The molecule has 1 heterocycles. The van der Waals surface area contributed by atoms with Gasteiger partial charge in [-0.05, 0) is 60.9 Å². The Hall–Kier alpha value is -2.02. The highest BCUT2D eigenvalue weighted by Gasteiger charge is 2.03. The minimum absolute atomic E-state index is 0.0404. The lowest BCUT2D eigenvalue weighted by Crippen LogP contribution is -2.11. The van der Waals surface area contributed by atoms with Crippen molar-refractivity contribution in [3.63, 3.8) is 0 Å². The summed E-state index contributed by atoms with van der Waals surface area (Å²) in [6.07, 6.45) is 2.14. The highest BCUT2D eigenvalue weighted by molar-refractivity contribution is 7.80. The van der Waals surface area contributed by atoms with Gasteiger partial charge in [0.2, 0.25) is 5.91 Å². The summed E-state index contributed by atoms with van der Waals surface area (Å²) in [5.41, 5.74) is 2.00. The summed E-state index contributed by atoms with van der Waals surface area (Å²) in [6.45, 7) is 0.606. The van der Waals surface area contributed by atoms with Crippen LogP contribution in [0, 0.1) is 3.82 Å². The number of hydrogen-bond donors (Lipinski definition) is 1. The molecule has 1 N–H and O–H groups in total. The van der Waals surface area contributed by atoms with Crippen molar-refractivity contribution in [2.75, 3.05) is 11.9 Å². The third kappa shape index (κ3) is 5.76. The maximum atomic E-state index is 11.9. The van der Waals surface area contributed by atoms with Gasteiger partial charge in [-0.3, -0.25) is 4.79 Å². The van der Waals surface area contributed by atoms with Gasteiger partial charge in [-0.15, -0.1) is 0 Å². The van der Waals surface area contributed by atoms with E-state index in [-0.39, 0.29) is 5.91 Å². The van der Waals surface area contributed by atoms with Crippen molar-refractivity contribution in [3.05, 3.63) is 64.5 Å². The predicted molar refractivity (Wildman–Crippen MR) is 113 cm³/mol. The number of amides is 1. The molecule has 0 aliphatic heterocycles. The Morgan fingerprint density at radius 3 is 2.46 bits per heavy atom. The molecule has 0 spiro atoms. The maximum absolute atomic E-state index is 11.9. The van der Waals surface area contributed by atoms with Crippen LogP contribution in [0.15, 0.2) is 60.7 Å². The van der Waals surface area contributed by atoms with E-state index in [4.69, 9.17) is 17.0 Å². The van der Waals surface area contributed by atoms with Gasteiger partial charge in [0.25, 0.3) is 0 Å². The molecule has 0 unspecified atom stereocenters. The molecular formula is C20H19NO2S3. The zero-order chi connectivity index (χ0) is 18.2. The van der Waals surface area contributed by atoms with Gasteiger partial charge >= 0.3 is 0 Å². The zero-order valence-corrected chi connectivity index (χ0v) is 16.6. The van der Waals surface area contributed by atoms with E-state index in [0.29, 0.717) is 13.0 Å². The average molecular weight is 402 g/mol. The first kappa shape index (κ1) is 18.8. The molecule has 26 heavy (non-hydrogen) atoms. The van der Waals surface area contributed by atoms with Gasteiger partial charge in [0.15, 0.2) is 0 Å². The normalized spacial score (nSPS) is 10.5. The fourth-order valence-electron chi connectivity index (χ4n) is 2.41. The van der Waals surface area contributed by atoms with Crippen LogP contribution < -0.4 is 10.1 Å². The van der Waals surface area contributed by atoms with Gasteiger partial charge in [-0.2, -0.15) is 0 Å².